The maximum absolute atomic E-state index is 13.1. The average Bonchev–Trinajstić information content (AvgIpc) is 2.37. The van der Waals surface area contributed by atoms with Crippen molar-refractivity contribution >= 4 is 0 Å². The molecule has 2 rings (SSSR count). The molecule has 0 aromatic rings. The molecular formula is C9H14FN. The predicted octanol–water partition coefficient (Wildman–Crippen LogP) is 1.75. The first kappa shape index (κ1) is 7.29. The van der Waals surface area contributed by atoms with Crippen LogP contribution >= 0.6 is 0 Å². The number of rotatable bonds is 0. The third-order valence-electron chi connectivity index (χ3n) is 2.94. The third-order valence-corrected chi connectivity index (χ3v) is 2.94. The molecule has 2 heterocycles. The van der Waals surface area contributed by atoms with Crippen molar-refractivity contribution in [2.24, 2.45) is 0 Å². The first-order valence-electron chi connectivity index (χ1n) is 4.25. The summed E-state index contributed by atoms with van der Waals surface area (Å²) in [4.78, 5) is 2.24. The van der Waals surface area contributed by atoms with Crippen LogP contribution in [0.3, 0.4) is 0 Å². The number of hydrogen-bond donors (Lipinski definition) is 0. The van der Waals surface area contributed by atoms with Gasteiger partial charge in [-0.3, -0.25) is 4.90 Å². The lowest BCUT2D eigenvalue weighted by atomic mass is 10.1. The first-order valence-corrected chi connectivity index (χ1v) is 4.25. The van der Waals surface area contributed by atoms with Gasteiger partial charge in [-0.25, -0.2) is 4.39 Å². The molecule has 0 aromatic heterocycles. The summed E-state index contributed by atoms with van der Waals surface area (Å²) in [6, 6.07) is 0.590. The fraction of sp³-hybridized carbons (Fsp3) is 0.778. The van der Waals surface area contributed by atoms with Crippen molar-refractivity contribution in [3.63, 3.8) is 0 Å². The molecule has 2 fully saturated rings. The number of hydrogen-bond acceptors (Lipinski definition) is 1. The van der Waals surface area contributed by atoms with E-state index in [1.54, 1.807) is 0 Å². The molecule has 11 heavy (non-hydrogen) atoms. The number of fused-ring (bicyclic) bond motifs is 1. The van der Waals surface area contributed by atoms with Crippen LogP contribution in [0.25, 0.3) is 0 Å². The van der Waals surface area contributed by atoms with Crippen LogP contribution in [0, 0.1) is 0 Å². The second-order valence-corrected chi connectivity index (χ2v) is 3.77. The minimum atomic E-state index is -0.604. The average molecular weight is 155 g/mol. The highest BCUT2D eigenvalue weighted by Gasteiger charge is 2.42. The summed E-state index contributed by atoms with van der Waals surface area (Å²) in [5, 5.41) is 0. The molecule has 1 nitrogen and oxygen atoms in total. The van der Waals surface area contributed by atoms with Gasteiger partial charge in [0.05, 0.1) is 0 Å². The van der Waals surface area contributed by atoms with Gasteiger partial charge in [-0.05, 0) is 19.8 Å². The van der Waals surface area contributed by atoms with E-state index < -0.39 is 6.17 Å². The van der Waals surface area contributed by atoms with Crippen LogP contribution in [0.2, 0.25) is 0 Å². The van der Waals surface area contributed by atoms with Crippen LogP contribution in [-0.4, -0.2) is 29.7 Å². The minimum Gasteiger partial charge on any atom is -0.290 e. The Hall–Kier alpha value is -0.370. The summed E-state index contributed by atoms with van der Waals surface area (Å²) in [7, 11) is 0. The molecule has 2 saturated heterocycles. The maximum atomic E-state index is 13.1. The molecule has 0 radical (unpaired) electrons. The van der Waals surface area contributed by atoms with E-state index in [2.05, 4.69) is 11.5 Å². The lowest BCUT2D eigenvalue weighted by Crippen LogP contribution is -2.31. The standard InChI is InChI=1S/C9H14FN/c1-6-3-8-4-9(10)7(2)11(8)5-6/h7-9H,1,3-5H2,2H3/t7-,8-,9-/m1/s1. The normalized spacial score (nSPS) is 44.9. The Morgan fingerprint density at radius 1 is 1.64 bits per heavy atom. The molecule has 0 N–H and O–H groups in total. The molecule has 3 atom stereocenters. The van der Waals surface area contributed by atoms with Gasteiger partial charge < -0.3 is 0 Å². The summed E-state index contributed by atoms with van der Waals surface area (Å²) in [6.45, 7) is 6.83. The Bertz CT molecular complexity index is 190. The van der Waals surface area contributed by atoms with Crippen LogP contribution in [0.15, 0.2) is 12.2 Å². The molecule has 0 aromatic carbocycles. The Kier molecular flexibility index (Phi) is 1.53. The smallest absolute Gasteiger partial charge is 0.117 e. The van der Waals surface area contributed by atoms with Crippen LogP contribution in [0.1, 0.15) is 19.8 Å². The molecule has 0 aliphatic carbocycles. The highest BCUT2D eigenvalue weighted by atomic mass is 19.1. The van der Waals surface area contributed by atoms with Gasteiger partial charge in [0.25, 0.3) is 0 Å². The Morgan fingerprint density at radius 2 is 2.36 bits per heavy atom. The molecule has 0 saturated carbocycles. The van der Waals surface area contributed by atoms with E-state index in [0.717, 1.165) is 19.4 Å². The summed E-state index contributed by atoms with van der Waals surface area (Å²) in [5.74, 6) is 0. The quantitative estimate of drug-likeness (QED) is 0.482. The lowest BCUT2D eigenvalue weighted by Gasteiger charge is -2.19. The Morgan fingerprint density at radius 3 is 3.00 bits per heavy atom. The van der Waals surface area contributed by atoms with Gasteiger partial charge in [-0.15, -0.1) is 0 Å². The molecule has 0 amide bonds. The van der Waals surface area contributed by atoms with Gasteiger partial charge in [-0.2, -0.15) is 0 Å². The predicted molar refractivity (Wildman–Crippen MR) is 43.2 cm³/mol. The van der Waals surface area contributed by atoms with Gasteiger partial charge in [-0.1, -0.05) is 12.2 Å². The second-order valence-electron chi connectivity index (χ2n) is 3.77. The van der Waals surface area contributed by atoms with Crippen LogP contribution in [0.4, 0.5) is 4.39 Å². The van der Waals surface area contributed by atoms with Crippen molar-refractivity contribution in [1.29, 1.82) is 0 Å². The van der Waals surface area contributed by atoms with Crippen molar-refractivity contribution in [3.05, 3.63) is 12.2 Å². The maximum Gasteiger partial charge on any atom is 0.117 e. The molecule has 0 unspecified atom stereocenters. The highest BCUT2D eigenvalue weighted by molar-refractivity contribution is 5.13. The molecule has 62 valence electrons. The number of alkyl halides is 1. The zero-order chi connectivity index (χ0) is 8.01. The van der Waals surface area contributed by atoms with Gasteiger partial charge >= 0.3 is 0 Å². The van der Waals surface area contributed by atoms with Crippen LogP contribution in [0.5, 0.6) is 0 Å². The minimum absolute atomic E-state index is 0.124. The fourth-order valence-electron chi connectivity index (χ4n) is 2.26. The second kappa shape index (κ2) is 2.31. The van der Waals surface area contributed by atoms with E-state index in [-0.39, 0.29) is 6.04 Å². The Labute approximate surface area is 66.9 Å². The van der Waals surface area contributed by atoms with Crippen molar-refractivity contribution in [2.45, 2.75) is 38.0 Å². The van der Waals surface area contributed by atoms with E-state index in [9.17, 15) is 4.39 Å². The monoisotopic (exact) mass is 155 g/mol. The van der Waals surface area contributed by atoms with Gasteiger partial charge in [0.15, 0.2) is 0 Å². The van der Waals surface area contributed by atoms with Crippen LogP contribution in [-0.2, 0) is 0 Å². The molecule has 2 heteroatoms. The van der Waals surface area contributed by atoms with Crippen molar-refractivity contribution in [2.75, 3.05) is 6.54 Å². The zero-order valence-electron chi connectivity index (χ0n) is 6.89. The highest BCUT2D eigenvalue weighted by Crippen LogP contribution is 2.35. The van der Waals surface area contributed by atoms with Gasteiger partial charge in [0.2, 0.25) is 0 Å². The summed E-state index contributed by atoms with van der Waals surface area (Å²) in [6.07, 6.45) is 1.14. The number of nitrogens with zero attached hydrogens (tertiary/aromatic N) is 1. The van der Waals surface area contributed by atoms with Crippen molar-refractivity contribution in [3.8, 4) is 0 Å². The van der Waals surface area contributed by atoms with E-state index >= 15 is 0 Å². The largest absolute Gasteiger partial charge is 0.290 e. The van der Waals surface area contributed by atoms with Gasteiger partial charge in [0.1, 0.15) is 6.17 Å². The van der Waals surface area contributed by atoms with Gasteiger partial charge in [0, 0.05) is 18.6 Å². The van der Waals surface area contributed by atoms with Crippen molar-refractivity contribution in [1.82, 2.24) is 4.90 Å². The van der Waals surface area contributed by atoms with E-state index in [1.165, 1.54) is 5.57 Å². The van der Waals surface area contributed by atoms with Crippen molar-refractivity contribution < 1.29 is 4.39 Å². The topological polar surface area (TPSA) is 3.24 Å². The molecule has 0 bridgehead atoms. The fourth-order valence-corrected chi connectivity index (χ4v) is 2.26. The molecule has 2 aliphatic rings. The summed E-state index contributed by atoms with van der Waals surface area (Å²) >= 11 is 0. The van der Waals surface area contributed by atoms with E-state index in [1.807, 2.05) is 6.92 Å². The summed E-state index contributed by atoms with van der Waals surface area (Å²) in [5.41, 5.74) is 1.27. The van der Waals surface area contributed by atoms with E-state index in [0.29, 0.717) is 6.04 Å². The molecular weight excluding hydrogens is 141 g/mol. The van der Waals surface area contributed by atoms with Crippen LogP contribution < -0.4 is 0 Å². The third kappa shape index (κ3) is 1.00. The zero-order valence-corrected chi connectivity index (χ0v) is 6.89. The number of halogens is 1. The molecule has 2 aliphatic heterocycles. The SMILES string of the molecule is C=C1C[C@@H]2C[C@@H](F)[C@@H](C)N2C1. The first-order chi connectivity index (χ1) is 5.18. The summed E-state index contributed by atoms with van der Waals surface area (Å²) < 4.78 is 13.1. The van der Waals surface area contributed by atoms with E-state index in [4.69, 9.17) is 0 Å². The molecule has 0 spiro atoms. The lowest BCUT2D eigenvalue weighted by molar-refractivity contribution is 0.214. The Balaban J connectivity index is 2.13.